The second-order valence-corrected chi connectivity index (χ2v) is 4.28. The van der Waals surface area contributed by atoms with Crippen LogP contribution in [0.3, 0.4) is 0 Å². The first-order valence-electron chi connectivity index (χ1n) is 5.64. The zero-order chi connectivity index (χ0) is 11.5. The van der Waals surface area contributed by atoms with Gasteiger partial charge in [0.1, 0.15) is 6.10 Å². The quantitative estimate of drug-likeness (QED) is 0.659. The van der Waals surface area contributed by atoms with Crippen LogP contribution in [0.2, 0.25) is 0 Å². The van der Waals surface area contributed by atoms with E-state index in [1.807, 2.05) is 0 Å². The third-order valence-corrected chi connectivity index (χ3v) is 2.76. The van der Waals surface area contributed by atoms with Crippen molar-refractivity contribution in [1.29, 1.82) is 0 Å². The zero-order valence-electron chi connectivity index (χ0n) is 9.15. The standard InChI is InChI=1S/C10H17N3O3/c11-5-8-6-13(10(15)16-8)4-3-9(14)12-7-1-2-7/h7-8H,1-6,11H2,(H,12,14). The molecule has 1 heterocycles. The lowest BCUT2D eigenvalue weighted by Crippen LogP contribution is -2.33. The Morgan fingerprint density at radius 2 is 2.31 bits per heavy atom. The lowest BCUT2D eigenvalue weighted by Gasteiger charge is -2.12. The summed E-state index contributed by atoms with van der Waals surface area (Å²) in [6.45, 7) is 1.23. The molecule has 2 aliphatic rings. The fourth-order valence-corrected chi connectivity index (χ4v) is 1.64. The van der Waals surface area contributed by atoms with Crippen LogP contribution in [0.15, 0.2) is 0 Å². The third kappa shape index (κ3) is 2.85. The van der Waals surface area contributed by atoms with Gasteiger partial charge in [-0.15, -0.1) is 0 Å². The minimum absolute atomic E-state index is 0.00602. The number of carbonyl (C=O) groups excluding carboxylic acids is 2. The number of ether oxygens (including phenoxy) is 1. The highest BCUT2D eigenvalue weighted by Crippen LogP contribution is 2.18. The van der Waals surface area contributed by atoms with Gasteiger partial charge in [0.15, 0.2) is 0 Å². The summed E-state index contributed by atoms with van der Waals surface area (Å²) in [6, 6.07) is 0.370. The SMILES string of the molecule is NCC1CN(CCC(=O)NC2CC2)C(=O)O1. The summed E-state index contributed by atoms with van der Waals surface area (Å²) >= 11 is 0. The molecule has 1 aliphatic carbocycles. The van der Waals surface area contributed by atoms with Crippen LogP contribution < -0.4 is 11.1 Å². The van der Waals surface area contributed by atoms with Crippen molar-refractivity contribution in [3.63, 3.8) is 0 Å². The van der Waals surface area contributed by atoms with Crippen LogP contribution in [0.5, 0.6) is 0 Å². The Morgan fingerprint density at radius 1 is 1.56 bits per heavy atom. The molecule has 0 spiro atoms. The van der Waals surface area contributed by atoms with Crippen LogP contribution >= 0.6 is 0 Å². The van der Waals surface area contributed by atoms with E-state index < -0.39 is 0 Å². The first-order chi connectivity index (χ1) is 7.69. The highest BCUT2D eigenvalue weighted by atomic mass is 16.6. The summed E-state index contributed by atoms with van der Waals surface area (Å²) in [5, 5.41) is 2.88. The summed E-state index contributed by atoms with van der Waals surface area (Å²) in [5.74, 6) is 0.00602. The van der Waals surface area contributed by atoms with Crippen LogP contribution in [0.1, 0.15) is 19.3 Å². The Bertz CT molecular complexity index is 291. The lowest BCUT2D eigenvalue weighted by atomic mass is 10.3. The summed E-state index contributed by atoms with van der Waals surface area (Å²) in [6.07, 6.45) is 1.90. The maximum atomic E-state index is 11.4. The molecule has 2 fully saturated rings. The normalized spacial score (nSPS) is 24.4. The number of hydrogen-bond acceptors (Lipinski definition) is 4. The number of cyclic esters (lactones) is 1. The third-order valence-electron chi connectivity index (χ3n) is 2.76. The largest absolute Gasteiger partial charge is 0.443 e. The van der Waals surface area contributed by atoms with E-state index in [0.717, 1.165) is 12.8 Å². The second kappa shape index (κ2) is 4.69. The number of nitrogens with zero attached hydrogens (tertiary/aromatic N) is 1. The molecule has 0 aromatic rings. The van der Waals surface area contributed by atoms with Crippen LogP contribution in [0, 0.1) is 0 Å². The molecule has 3 N–H and O–H groups in total. The van der Waals surface area contributed by atoms with Gasteiger partial charge in [0.2, 0.25) is 5.91 Å². The molecule has 1 atom stereocenters. The fourth-order valence-electron chi connectivity index (χ4n) is 1.64. The van der Waals surface area contributed by atoms with Crippen molar-refractivity contribution < 1.29 is 14.3 Å². The average molecular weight is 227 g/mol. The first-order valence-corrected chi connectivity index (χ1v) is 5.64. The number of nitrogens with one attached hydrogen (secondary N) is 1. The van der Waals surface area contributed by atoms with Crippen LogP contribution in [-0.2, 0) is 9.53 Å². The smallest absolute Gasteiger partial charge is 0.410 e. The number of hydrogen-bond donors (Lipinski definition) is 2. The first kappa shape index (κ1) is 11.2. The zero-order valence-corrected chi connectivity index (χ0v) is 9.15. The van der Waals surface area contributed by atoms with Crippen LogP contribution in [0.4, 0.5) is 4.79 Å². The minimum Gasteiger partial charge on any atom is -0.443 e. The monoisotopic (exact) mass is 227 g/mol. The van der Waals surface area contributed by atoms with Gasteiger partial charge in [-0.3, -0.25) is 4.79 Å². The maximum Gasteiger partial charge on any atom is 0.410 e. The van der Waals surface area contributed by atoms with Crippen molar-refractivity contribution in [3.05, 3.63) is 0 Å². The van der Waals surface area contributed by atoms with Crippen LogP contribution in [-0.4, -0.2) is 48.7 Å². The maximum absolute atomic E-state index is 11.4. The minimum atomic E-state index is -0.366. The van der Waals surface area contributed by atoms with E-state index in [1.54, 1.807) is 0 Å². The number of carbonyl (C=O) groups is 2. The van der Waals surface area contributed by atoms with Gasteiger partial charge in [-0.2, -0.15) is 0 Å². The average Bonchev–Trinajstić information content (AvgIpc) is 2.98. The van der Waals surface area contributed by atoms with Crippen molar-refractivity contribution in [2.75, 3.05) is 19.6 Å². The molecular weight excluding hydrogens is 210 g/mol. The molecule has 1 unspecified atom stereocenters. The van der Waals surface area contributed by atoms with E-state index in [4.69, 9.17) is 10.5 Å². The molecule has 90 valence electrons. The molecular formula is C10H17N3O3. The van der Waals surface area contributed by atoms with Crippen molar-refractivity contribution in [2.24, 2.45) is 5.73 Å². The van der Waals surface area contributed by atoms with Gasteiger partial charge >= 0.3 is 6.09 Å². The molecule has 16 heavy (non-hydrogen) atoms. The predicted molar refractivity (Wildman–Crippen MR) is 56.7 cm³/mol. The van der Waals surface area contributed by atoms with Crippen molar-refractivity contribution in [2.45, 2.75) is 31.4 Å². The molecule has 6 heteroatoms. The molecule has 1 aliphatic heterocycles. The fraction of sp³-hybridized carbons (Fsp3) is 0.800. The molecule has 0 bridgehead atoms. The summed E-state index contributed by atoms with van der Waals surface area (Å²) < 4.78 is 4.98. The molecule has 2 rings (SSSR count). The van der Waals surface area contributed by atoms with Gasteiger partial charge in [-0.05, 0) is 12.8 Å². The van der Waals surface area contributed by atoms with E-state index in [0.29, 0.717) is 32.1 Å². The van der Waals surface area contributed by atoms with E-state index in [9.17, 15) is 9.59 Å². The summed E-state index contributed by atoms with van der Waals surface area (Å²) in [5.41, 5.74) is 5.41. The van der Waals surface area contributed by atoms with E-state index in [1.165, 1.54) is 4.90 Å². The molecule has 6 nitrogen and oxygen atoms in total. The Morgan fingerprint density at radius 3 is 2.88 bits per heavy atom. The predicted octanol–water partition coefficient (Wildman–Crippen LogP) is -0.565. The Hall–Kier alpha value is -1.30. The Labute approximate surface area is 94.1 Å². The molecule has 0 aromatic heterocycles. The van der Waals surface area contributed by atoms with Gasteiger partial charge in [-0.25, -0.2) is 4.79 Å². The van der Waals surface area contributed by atoms with Gasteiger partial charge in [0, 0.05) is 25.6 Å². The Kier molecular flexibility index (Phi) is 3.28. The van der Waals surface area contributed by atoms with E-state index in [-0.39, 0.29) is 18.1 Å². The topological polar surface area (TPSA) is 84.7 Å². The molecule has 0 aromatic carbocycles. The lowest BCUT2D eigenvalue weighted by molar-refractivity contribution is -0.121. The van der Waals surface area contributed by atoms with Gasteiger partial charge in [-0.1, -0.05) is 0 Å². The van der Waals surface area contributed by atoms with Crippen molar-refractivity contribution >= 4 is 12.0 Å². The van der Waals surface area contributed by atoms with Gasteiger partial charge < -0.3 is 20.7 Å². The van der Waals surface area contributed by atoms with Crippen LogP contribution in [0.25, 0.3) is 0 Å². The second-order valence-electron chi connectivity index (χ2n) is 4.28. The summed E-state index contributed by atoms with van der Waals surface area (Å²) in [7, 11) is 0. The highest BCUT2D eigenvalue weighted by Gasteiger charge is 2.30. The number of amides is 2. The van der Waals surface area contributed by atoms with E-state index in [2.05, 4.69) is 5.32 Å². The number of rotatable bonds is 5. The number of nitrogens with two attached hydrogens (primary N) is 1. The van der Waals surface area contributed by atoms with Crippen molar-refractivity contribution in [1.82, 2.24) is 10.2 Å². The molecule has 1 saturated carbocycles. The molecule has 2 amide bonds. The molecule has 0 radical (unpaired) electrons. The molecule has 1 saturated heterocycles. The van der Waals surface area contributed by atoms with Gasteiger partial charge in [0.05, 0.1) is 6.54 Å². The summed E-state index contributed by atoms with van der Waals surface area (Å²) in [4.78, 5) is 24.2. The highest BCUT2D eigenvalue weighted by molar-refractivity contribution is 5.77. The Balaban J connectivity index is 1.68. The van der Waals surface area contributed by atoms with E-state index >= 15 is 0 Å². The van der Waals surface area contributed by atoms with Gasteiger partial charge in [0.25, 0.3) is 0 Å². The van der Waals surface area contributed by atoms with Crippen molar-refractivity contribution in [3.8, 4) is 0 Å².